The molecular weight excluding hydrogens is 348 g/mol. The normalized spacial score (nSPS) is 12.1. The van der Waals surface area contributed by atoms with Crippen molar-refractivity contribution in [3.05, 3.63) is 28.0 Å². The lowest BCUT2D eigenvalue weighted by atomic mass is 10.3. The van der Waals surface area contributed by atoms with Crippen LogP contribution in [0.3, 0.4) is 0 Å². The molecule has 0 saturated carbocycles. The lowest BCUT2D eigenvalue weighted by molar-refractivity contribution is 0.420. The topological polar surface area (TPSA) is 37.4 Å². The quantitative estimate of drug-likeness (QED) is 0.539. The fourth-order valence-electron chi connectivity index (χ4n) is 1.63. The zero-order valence-electron chi connectivity index (χ0n) is 10.9. The largest absolute Gasteiger partial charge is 0.244 e. The summed E-state index contributed by atoms with van der Waals surface area (Å²) in [6, 6.07) is 2.38. The average Bonchev–Trinajstić information content (AvgIpc) is 2.40. The molecule has 8 heteroatoms. The second-order valence-corrected chi connectivity index (χ2v) is 7.19. The summed E-state index contributed by atoms with van der Waals surface area (Å²) in [4.78, 5) is -0.290. The molecule has 0 radical (unpaired) electrons. The van der Waals surface area contributed by atoms with E-state index in [0.717, 1.165) is 6.42 Å². The summed E-state index contributed by atoms with van der Waals surface area (Å²) in [5.74, 6) is -0.785. The van der Waals surface area contributed by atoms with Gasteiger partial charge in [0.1, 0.15) is 4.90 Å². The molecule has 114 valence electrons. The molecule has 0 N–H and O–H groups in total. The summed E-state index contributed by atoms with van der Waals surface area (Å²) in [5.41, 5.74) is 0. The molecule has 0 atom stereocenters. The predicted molar refractivity (Wildman–Crippen MR) is 80.8 cm³/mol. The van der Waals surface area contributed by atoms with Crippen molar-refractivity contribution in [2.24, 2.45) is 0 Å². The summed E-state index contributed by atoms with van der Waals surface area (Å²) >= 11 is 17.0. The van der Waals surface area contributed by atoms with Crippen LogP contribution in [-0.2, 0) is 10.0 Å². The number of hydrogen-bond donors (Lipinski definition) is 0. The zero-order valence-corrected chi connectivity index (χ0v) is 14.0. The Labute approximate surface area is 133 Å². The zero-order chi connectivity index (χ0) is 15.3. The molecule has 0 aromatic heterocycles. The Morgan fingerprint density at radius 1 is 1.25 bits per heavy atom. The SMILES string of the molecule is CCCCN(CCCl)S(=O)(=O)c1ccc(Cl)c(F)c1Cl. The third-order valence-electron chi connectivity index (χ3n) is 2.71. The van der Waals surface area contributed by atoms with Gasteiger partial charge in [-0.1, -0.05) is 36.5 Å². The smallest absolute Gasteiger partial charge is 0.207 e. The van der Waals surface area contributed by atoms with Gasteiger partial charge in [-0.2, -0.15) is 4.31 Å². The molecule has 0 aliphatic carbocycles. The molecule has 20 heavy (non-hydrogen) atoms. The highest BCUT2D eigenvalue weighted by molar-refractivity contribution is 7.89. The molecule has 0 heterocycles. The van der Waals surface area contributed by atoms with Gasteiger partial charge in [0.2, 0.25) is 10.0 Å². The maximum absolute atomic E-state index is 13.6. The van der Waals surface area contributed by atoms with Gasteiger partial charge in [0.05, 0.1) is 10.0 Å². The summed E-state index contributed by atoms with van der Waals surface area (Å²) in [6.07, 6.45) is 1.51. The van der Waals surface area contributed by atoms with Crippen molar-refractivity contribution in [2.75, 3.05) is 19.0 Å². The first-order valence-corrected chi connectivity index (χ1v) is 8.79. The molecule has 1 rings (SSSR count). The van der Waals surface area contributed by atoms with Crippen LogP contribution in [0, 0.1) is 5.82 Å². The van der Waals surface area contributed by atoms with Crippen molar-refractivity contribution in [3.63, 3.8) is 0 Å². The van der Waals surface area contributed by atoms with E-state index >= 15 is 0 Å². The third-order valence-corrected chi connectivity index (χ3v) is 5.60. The van der Waals surface area contributed by atoms with Crippen LogP contribution in [0.15, 0.2) is 17.0 Å². The minimum absolute atomic E-state index is 0.143. The first-order chi connectivity index (χ1) is 9.36. The molecule has 0 fully saturated rings. The van der Waals surface area contributed by atoms with E-state index in [4.69, 9.17) is 34.8 Å². The van der Waals surface area contributed by atoms with E-state index in [1.807, 2.05) is 6.92 Å². The average molecular weight is 363 g/mol. The molecule has 0 saturated heterocycles. The molecule has 0 aliphatic heterocycles. The van der Waals surface area contributed by atoms with Gasteiger partial charge in [-0.25, -0.2) is 12.8 Å². The first-order valence-electron chi connectivity index (χ1n) is 6.05. The number of unbranched alkanes of at least 4 members (excludes halogenated alkanes) is 1. The molecule has 1 aromatic carbocycles. The summed E-state index contributed by atoms with van der Waals surface area (Å²) in [6.45, 7) is 2.40. The maximum Gasteiger partial charge on any atom is 0.244 e. The van der Waals surface area contributed by atoms with Gasteiger partial charge < -0.3 is 0 Å². The van der Waals surface area contributed by atoms with Crippen molar-refractivity contribution in [1.82, 2.24) is 4.31 Å². The monoisotopic (exact) mass is 361 g/mol. The Morgan fingerprint density at radius 2 is 1.90 bits per heavy atom. The van der Waals surface area contributed by atoms with E-state index in [2.05, 4.69) is 0 Å². The second kappa shape index (κ2) is 7.80. The molecule has 3 nitrogen and oxygen atoms in total. The molecule has 0 spiro atoms. The van der Waals surface area contributed by atoms with Gasteiger partial charge in [0.25, 0.3) is 0 Å². The van der Waals surface area contributed by atoms with Crippen LogP contribution in [0.4, 0.5) is 4.39 Å². The number of nitrogens with zero attached hydrogens (tertiary/aromatic N) is 1. The van der Waals surface area contributed by atoms with E-state index in [-0.39, 0.29) is 22.3 Å². The lowest BCUT2D eigenvalue weighted by Gasteiger charge is -2.21. The first kappa shape index (κ1) is 18.0. The summed E-state index contributed by atoms with van der Waals surface area (Å²) in [7, 11) is -3.89. The molecule has 0 unspecified atom stereocenters. The minimum Gasteiger partial charge on any atom is -0.207 e. The molecule has 0 aliphatic rings. The van der Waals surface area contributed by atoms with Crippen LogP contribution in [0.1, 0.15) is 19.8 Å². The van der Waals surface area contributed by atoms with Crippen molar-refractivity contribution < 1.29 is 12.8 Å². The maximum atomic E-state index is 13.6. The Morgan fingerprint density at radius 3 is 2.45 bits per heavy atom. The Kier molecular flexibility index (Phi) is 7.01. The Hall–Kier alpha value is -0.0700. The van der Waals surface area contributed by atoms with E-state index < -0.39 is 20.9 Å². The van der Waals surface area contributed by atoms with Crippen molar-refractivity contribution >= 4 is 44.8 Å². The molecule has 1 aromatic rings. The van der Waals surface area contributed by atoms with E-state index in [1.165, 1.54) is 16.4 Å². The number of benzene rings is 1. The van der Waals surface area contributed by atoms with E-state index in [1.54, 1.807) is 0 Å². The Bertz CT molecular complexity index is 566. The van der Waals surface area contributed by atoms with Crippen LogP contribution in [0.25, 0.3) is 0 Å². The van der Waals surface area contributed by atoms with Crippen LogP contribution < -0.4 is 0 Å². The number of sulfonamides is 1. The lowest BCUT2D eigenvalue weighted by Crippen LogP contribution is -2.34. The van der Waals surface area contributed by atoms with Gasteiger partial charge in [0, 0.05) is 19.0 Å². The van der Waals surface area contributed by atoms with E-state index in [9.17, 15) is 12.8 Å². The predicted octanol–water partition coefficient (Wildman–Crippen LogP) is 4.16. The fraction of sp³-hybridized carbons (Fsp3) is 0.500. The fourth-order valence-corrected chi connectivity index (χ4v) is 4.13. The van der Waals surface area contributed by atoms with Gasteiger partial charge in [-0.05, 0) is 18.6 Å². The summed E-state index contributed by atoms with van der Waals surface area (Å²) < 4.78 is 39.8. The second-order valence-electron chi connectivity index (χ2n) is 4.12. The van der Waals surface area contributed by atoms with Crippen LogP contribution in [-0.4, -0.2) is 31.7 Å². The summed E-state index contributed by atoms with van der Waals surface area (Å²) in [5, 5.41) is -0.708. The number of alkyl halides is 1. The van der Waals surface area contributed by atoms with Crippen molar-refractivity contribution in [2.45, 2.75) is 24.7 Å². The van der Waals surface area contributed by atoms with E-state index in [0.29, 0.717) is 13.0 Å². The van der Waals surface area contributed by atoms with Gasteiger partial charge in [0.15, 0.2) is 5.82 Å². The number of rotatable bonds is 7. The van der Waals surface area contributed by atoms with Crippen molar-refractivity contribution in [3.8, 4) is 0 Å². The molecule has 0 amide bonds. The van der Waals surface area contributed by atoms with Gasteiger partial charge in [-0.15, -0.1) is 11.6 Å². The van der Waals surface area contributed by atoms with Crippen molar-refractivity contribution in [1.29, 1.82) is 0 Å². The van der Waals surface area contributed by atoms with Gasteiger partial charge >= 0.3 is 0 Å². The molecular formula is C12H15Cl3FNO2S. The van der Waals surface area contributed by atoms with Gasteiger partial charge in [-0.3, -0.25) is 0 Å². The highest BCUT2D eigenvalue weighted by Crippen LogP contribution is 2.31. The minimum atomic E-state index is -3.89. The van der Waals surface area contributed by atoms with Crippen LogP contribution in [0.5, 0.6) is 0 Å². The standard InChI is InChI=1S/C12H15Cl3FNO2S/c1-2-3-7-17(8-6-13)20(18,19)10-5-4-9(14)12(16)11(10)15/h4-5H,2-3,6-8H2,1H3. The number of hydrogen-bond acceptors (Lipinski definition) is 2. The van der Waals surface area contributed by atoms with Crippen LogP contribution in [0.2, 0.25) is 10.0 Å². The van der Waals surface area contributed by atoms with Crippen LogP contribution >= 0.6 is 34.8 Å². The highest BCUT2D eigenvalue weighted by atomic mass is 35.5. The molecule has 0 bridgehead atoms. The highest BCUT2D eigenvalue weighted by Gasteiger charge is 2.28. The third kappa shape index (κ3) is 3.98. The number of halogens is 4. The Balaban J connectivity index is 3.22.